The molecule has 0 saturated carbocycles. The van der Waals surface area contributed by atoms with Crippen molar-refractivity contribution in [3.63, 3.8) is 0 Å². The van der Waals surface area contributed by atoms with Crippen LogP contribution in [0.4, 0.5) is 26.3 Å². The minimum absolute atomic E-state index is 0.0336. The summed E-state index contributed by atoms with van der Waals surface area (Å²) in [6, 6.07) is 20.7. The van der Waals surface area contributed by atoms with Crippen LogP contribution in [0.25, 0.3) is 11.4 Å². The number of hydrogen-bond donors (Lipinski definition) is 1. The summed E-state index contributed by atoms with van der Waals surface area (Å²) in [6.07, 6.45) is -0.787. The van der Waals surface area contributed by atoms with Gasteiger partial charge in [0.1, 0.15) is 17.3 Å². The van der Waals surface area contributed by atoms with Crippen LogP contribution < -0.4 is 4.74 Å². The highest BCUT2D eigenvalue weighted by Gasteiger charge is 2.58. The third-order valence-corrected chi connectivity index (χ3v) is 10.7. The van der Waals surface area contributed by atoms with Crippen molar-refractivity contribution in [2.24, 2.45) is 0 Å². The van der Waals surface area contributed by atoms with Gasteiger partial charge < -0.3 is 28.8 Å². The Balaban J connectivity index is 0.000000136. The van der Waals surface area contributed by atoms with Crippen LogP contribution in [0, 0.1) is 0 Å². The second-order valence-corrected chi connectivity index (χ2v) is 14.0. The standard InChI is InChI=1S/C19H17F3N2O2.C10H9NO.C9H10F3NO2/c20-19(21,22)17(25)24-12-7-8-13(24)11-18(10-12)16-6-3-9-23(16)14-4-1-2-5-15(14)26-18;12-10-6-2-1-5-9(10)11-7-3-4-8-11;10-9(11,12)8(15)13-5-1-2-6(13)4-7(14)3-5/h1-6,9,12-13H,7-8,10-11H2;1-8,12H;5-6H,1-4H2. The van der Waals surface area contributed by atoms with Crippen molar-refractivity contribution < 1.29 is 50.6 Å². The number of carbonyl (C=O) groups is 3. The molecule has 5 aliphatic heterocycles. The van der Waals surface area contributed by atoms with E-state index in [1.165, 1.54) is 0 Å². The molecule has 7 heterocycles. The number of rotatable bonds is 1. The molecule has 280 valence electrons. The third kappa shape index (κ3) is 6.88. The number of carbonyl (C=O) groups excluding carboxylic acids is 3. The molecular formula is C38H36F6N4O5. The lowest BCUT2D eigenvalue weighted by molar-refractivity contribution is -0.193. The number of benzene rings is 2. The van der Waals surface area contributed by atoms with Crippen LogP contribution in [-0.2, 0) is 20.0 Å². The van der Waals surface area contributed by atoms with E-state index in [-0.39, 0.29) is 18.6 Å². The van der Waals surface area contributed by atoms with E-state index >= 15 is 0 Å². The molecule has 4 unspecified atom stereocenters. The number of nitrogens with zero attached hydrogens (tertiary/aromatic N) is 4. The molecule has 1 spiro atoms. The number of halogens is 6. The van der Waals surface area contributed by atoms with Gasteiger partial charge in [0.15, 0.2) is 5.60 Å². The molecule has 2 aromatic carbocycles. The van der Waals surface area contributed by atoms with E-state index in [0.717, 1.165) is 32.6 Å². The van der Waals surface area contributed by atoms with Gasteiger partial charge in [0.05, 0.1) is 17.1 Å². The molecule has 1 N–H and O–H groups in total. The number of fused-ring (bicyclic) bond motifs is 8. The summed E-state index contributed by atoms with van der Waals surface area (Å²) in [7, 11) is 0. The van der Waals surface area contributed by atoms with Gasteiger partial charge in [-0.15, -0.1) is 0 Å². The van der Waals surface area contributed by atoms with Crippen molar-refractivity contribution in [2.45, 2.75) is 93.5 Å². The van der Waals surface area contributed by atoms with Crippen molar-refractivity contribution in [3.05, 3.63) is 97.1 Å². The maximum atomic E-state index is 13.0. The zero-order valence-electron chi connectivity index (χ0n) is 28.3. The lowest BCUT2D eigenvalue weighted by Crippen LogP contribution is -2.57. The number of piperidine rings is 2. The molecule has 4 fully saturated rings. The molecule has 4 aromatic rings. The Morgan fingerprint density at radius 1 is 0.660 bits per heavy atom. The first-order chi connectivity index (χ1) is 25.2. The van der Waals surface area contributed by atoms with Gasteiger partial charge in [-0.1, -0.05) is 24.3 Å². The normalized spacial score (nSPS) is 25.4. The number of aromatic hydroxyl groups is 1. The molecule has 53 heavy (non-hydrogen) atoms. The fourth-order valence-corrected chi connectivity index (χ4v) is 8.57. The van der Waals surface area contributed by atoms with Gasteiger partial charge in [-0.3, -0.25) is 14.4 Å². The van der Waals surface area contributed by atoms with Gasteiger partial charge >= 0.3 is 24.2 Å². The van der Waals surface area contributed by atoms with E-state index < -0.39 is 53.9 Å². The Morgan fingerprint density at radius 3 is 1.74 bits per heavy atom. The average molecular weight is 743 g/mol. The molecule has 0 radical (unpaired) electrons. The topological polar surface area (TPSA) is 97.0 Å². The van der Waals surface area contributed by atoms with Gasteiger partial charge in [-0.25, -0.2) is 0 Å². The SMILES string of the molecule is O=C(N1C2CCC1CC1(C2)Oc2ccccc2-n2cccc21)C(F)(F)F.O=C1CC2CCC(C1)N2C(=O)C(F)(F)F.Oc1ccccc1-n1cccc1. The zero-order valence-corrected chi connectivity index (χ0v) is 28.3. The maximum absolute atomic E-state index is 13.0. The Kier molecular flexibility index (Phi) is 9.31. The Bertz CT molecular complexity index is 1960. The highest BCUT2D eigenvalue weighted by Crippen LogP contribution is 2.52. The summed E-state index contributed by atoms with van der Waals surface area (Å²) in [5, 5.41) is 9.46. The number of phenols is 1. The number of hydrogen-bond acceptors (Lipinski definition) is 5. The van der Waals surface area contributed by atoms with E-state index in [1.54, 1.807) is 6.07 Å². The molecule has 4 saturated heterocycles. The van der Waals surface area contributed by atoms with Crippen LogP contribution in [0.5, 0.6) is 11.5 Å². The van der Waals surface area contributed by atoms with Gasteiger partial charge in [0, 0.05) is 68.4 Å². The molecule has 5 aliphatic rings. The van der Waals surface area contributed by atoms with Crippen molar-refractivity contribution in [2.75, 3.05) is 0 Å². The second-order valence-electron chi connectivity index (χ2n) is 14.0. The molecule has 15 heteroatoms. The van der Waals surface area contributed by atoms with Crippen molar-refractivity contribution in [1.82, 2.24) is 18.9 Å². The summed E-state index contributed by atoms with van der Waals surface area (Å²) >= 11 is 0. The summed E-state index contributed by atoms with van der Waals surface area (Å²) in [4.78, 5) is 36.0. The molecule has 0 aliphatic carbocycles. The molecule has 2 aromatic heterocycles. The number of phenolic OH excluding ortho intramolecular Hbond substituents is 1. The Morgan fingerprint density at radius 2 is 1.17 bits per heavy atom. The number of aromatic nitrogens is 2. The largest absolute Gasteiger partial charge is 0.506 e. The predicted octanol–water partition coefficient (Wildman–Crippen LogP) is 7.23. The summed E-state index contributed by atoms with van der Waals surface area (Å²) < 4.78 is 86.0. The molecule has 9 nitrogen and oxygen atoms in total. The van der Waals surface area contributed by atoms with Crippen molar-refractivity contribution in [3.8, 4) is 22.9 Å². The minimum atomic E-state index is -4.83. The molecule has 4 atom stereocenters. The first-order valence-electron chi connectivity index (χ1n) is 17.3. The van der Waals surface area contributed by atoms with Gasteiger partial charge in [0.2, 0.25) is 0 Å². The number of alkyl halides is 6. The van der Waals surface area contributed by atoms with E-state index in [4.69, 9.17) is 4.74 Å². The van der Waals surface area contributed by atoms with Gasteiger partial charge in [0.25, 0.3) is 0 Å². The van der Waals surface area contributed by atoms with Crippen LogP contribution in [0.15, 0.2) is 91.4 Å². The summed E-state index contributed by atoms with van der Waals surface area (Å²) in [5.74, 6) is -2.51. The van der Waals surface area contributed by atoms with Crippen molar-refractivity contribution in [1.29, 1.82) is 0 Å². The summed E-state index contributed by atoms with van der Waals surface area (Å²) in [5.41, 5.74) is 2.00. The third-order valence-electron chi connectivity index (χ3n) is 10.7. The van der Waals surface area contributed by atoms with Gasteiger partial charge in [-0.05, 0) is 74.2 Å². The van der Waals surface area contributed by atoms with E-state index in [0.29, 0.717) is 44.3 Å². The highest BCUT2D eigenvalue weighted by atomic mass is 19.4. The van der Waals surface area contributed by atoms with Crippen LogP contribution >= 0.6 is 0 Å². The smallest absolute Gasteiger partial charge is 0.471 e. The van der Waals surface area contributed by atoms with Gasteiger partial charge in [-0.2, -0.15) is 26.3 Å². The fraction of sp³-hybridized carbons (Fsp3) is 0.395. The van der Waals surface area contributed by atoms with E-state index in [9.17, 15) is 45.8 Å². The van der Waals surface area contributed by atoms with Crippen LogP contribution in [0.2, 0.25) is 0 Å². The Hall–Kier alpha value is -5.21. The number of ether oxygens (including phenoxy) is 1. The summed E-state index contributed by atoms with van der Waals surface area (Å²) in [6.45, 7) is 0. The quantitative estimate of drug-likeness (QED) is 0.208. The van der Waals surface area contributed by atoms with Crippen LogP contribution in [0.1, 0.15) is 57.1 Å². The van der Waals surface area contributed by atoms with Crippen molar-refractivity contribution >= 4 is 17.6 Å². The zero-order chi connectivity index (χ0) is 37.7. The van der Waals surface area contributed by atoms with Crippen LogP contribution in [0.3, 0.4) is 0 Å². The predicted molar refractivity (Wildman–Crippen MR) is 178 cm³/mol. The lowest BCUT2D eigenvalue weighted by atomic mass is 9.82. The first-order valence-corrected chi connectivity index (χ1v) is 17.3. The highest BCUT2D eigenvalue weighted by molar-refractivity contribution is 5.88. The molecule has 4 bridgehead atoms. The monoisotopic (exact) mass is 742 g/mol. The minimum Gasteiger partial charge on any atom is -0.506 e. The fourth-order valence-electron chi connectivity index (χ4n) is 8.57. The first kappa shape index (κ1) is 36.2. The number of para-hydroxylation sites is 4. The maximum Gasteiger partial charge on any atom is 0.471 e. The van der Waals surface area contributed by atoms with Crippen LogP contribution in [-0.4, -0.2) is 78.2 Å². The molecular weight excluding hydrogens is 706 g/mol. The van der Waals surface area contributed by atoms with E-state index in [2.05, 4.69) is 4.57 Å². The van der Waals surface area contributed by atoms with E-state index in [1.807, 2.05) is 89.9 Å². The number of amides is 2. The lowest BCUT2D eigenvalue weighted by Gasteiger charge is -2.48. The second kappa shape index (κ2) is 13.6. The number of Topliss-reactive ketones (excluding diaryl/α,β-unsaturated/α-hetero) is 1. The number of ketones is 1. The molecule has 2 amide bonds. The molecule has 9 rings (SSSR count). The average Bonchev–Trinajstić information content (AvgIpc) is 3.91. The Labute approximate surface area is 300 Å².